The maximum absolute atomic E-state index is 13.1. The van der Waals surface area contributed by atoms with Crippen molar-refractivity contribution < 1.29 is 18.7 Å². The third-order valence-corrected chi connectivity index (χ3v) is 3.29. The van der Waals surface area contributed by atoms with Crippen molar-refractivity contribution in [1.29, 1.82) is 0 Å². The highest BCUT2D eigenvalue weighted by molar-refractivity contribution is 5.72. The Bertz CT molecular complexity index is 592. The first-order valence-corrected chi connectivity index (χ1v) is 8.42. The number of carbonyl (C=O) groups excluding carboxylic acids is 2. The number of nitrogens with one attached hydrogen (secondary N) is 2. The second-order valence-electron chi connectivity index (χ2n) is 6.73. The van der Waals surface area contributed by atoms with Crippen LogP contribution in [-0.2, 0) is 9.53 Å². The number of rotatable bonds is 8. The van der Waals surface area contributed by atoms with Crippen LogP contribution in [0.15, 0.2) is 36.0 Å². The van der Waals surface area contributed by atoms with E-state index in [-0.39, 0.29) is 5.82 Å². The Morgan fingerprint density at radius 2 is 1.92 bits per heavy atom. The van der Waals surface area contributed by atoms with E-state index in [4.69, 9.17) is 4.74 Å². The van der Waals surface area contributed by atoms with Gasteiger partial charge in [0.25, 0.3) is 0 Å². The van der Waals surface area contributed by atoms with Crippen molar-refractivity contribution in [3.05, 3.63) is 41.9 Å². The quantitative estimate of drug-likeness (QED) is 0.538. The molecule has 0 spiro atoms. The number of alkyl carbamates (subject to hydrolysis) is 1. The highest BCUT2D eigenvalue weighted by atomic mass is 19.1. The molecule has 6 heteroatoms. The average Bonchev–Trinajstić information content (AvgIpc) is 2.51. The van der Waals surface area contributed by atoms with Crippen LogP contribution in [-0.4, -0.2) is 24.0 Å². The molecule has 1 amide bonds. The molecule has 1 aromatic carbocycles. The fourth-order valence-corrected chi connectivity index (χ4v) is 2.18. The lowest BCUT2D eigenvalue weighted by atomic mass is 10.1. The van der Waals surface area contributed by atoms with E-state index in [0.717, 1.165) is 12.8 Å². The molecule has 0 radical (unpaired) electrons. The van der Waals surface area contributed by atoms with E-state index < -0.39 is 17.7 Å². The smallest absolute Gasteiger partial charge is 0.408 e. The maximum atomic E-state index is 13.1. The molecule has 0 saturated carbocycles. The van der Waals surface area contributed by atoms with Gasteiger partial charge in [-0.1, -0.05) is 19.8 Å². The second-order valence-corrected chi connectivity index (χ2v) is 6.73. The van der Waals surface area contributed by atoms with Crippen molar-refractivity contribution >= 4 is 18.1 Å². The summed E-state index contributed by atoms with van der Waals surface area (Å²) in [5.74, 6) is -0.346. The molecule has 5 nitrogen and oxygen atoms in total. The molecule has 0 aliphatic heterocycles. The monoisotopic (exact) mass is 350 g/mol. The molecule has 0 aliphatic rings. The van der Waals surface area contributed by atoms with Crippen LogP contribution >= 0.6 is 0 Å². The molecule has 0 aromatic heterocycles. The van der Waals surface area contributed by atoms with Gasteiger partial charge in [0.15, 0.2) is 0 Å². The fourth-order valence-electron chi connectivity index (χ4n) is 2.18. The standard InChI is InChI=1S/C19H27FN2O3/c1-5-6-7-16(22-18(24)25-19(2,3)4)17(12-13-23)21-15-10-8-14(20)9-11-15/h8-13,16,21H,5-7H2,1-4H3,(H,22,24). The number of anilines is 1. The molecule has 0 fully saturated rings. The number of halogens is 1. The number of aldehydes is 1. The van der Waals surface area contributed by atoms with Crippen molar-refractivity contribution in [2.75, 3.05) is 5.32 Å². The molecule has 0 bridgehead atoms. The molecule has 25 heavy (non-hydrogen) atoms. The first-order chi connectivity index (χ1) is 11.7. The Labute approximate surface area is 148 Å². The number of benzene rings is 1. The molecule has 0 aliphatic carbocycles. The molecule has 1 atom stereocenters. The Kier molecular flexibility index (Phi) is 8.11. The van der Waals surface area contributed by atoms with Crippen LogP contribution in [0.5, 0.6) is 0 Å². The summed E-state index contributed by atoms with van der Waals surface area (Å²) in [7, 11) is 0. The van der Waals surface area contributed by atoms with Gasteiger partial charge < -0.3 is 15.4 Å². The normalized spacial score (nSPS) is 13.1. The molecule has 1 aromatic rings. The van der Waals surface area contributed by atoms with Gasteiger partial charge in [-0.3, -0.25) is 4.79 Å². The highest BCUT2D eigenvalue weighted by Crippen LogP contribution is 2.17. The topological polar surface area (TPSA) is 67.4 Å². The van der Waals surface area contributed by atoms with E-state index in [2.05, 4.69) is 10.6 Å². The average molecular weight is 350 g/mol. The van der Waals surface area contributed by atoms with Gasteiger partial charge in [-0.05, 0) is 57.5 Å². The minimum atomic E-state index is -0.613. The molecule has 1 unspecified atom stereocenters. The van der Waals surface area contributed by atoms with E-state index in [1.807, 2.05) is 6.92 Å². The van der Waals surface area contributed by atoms with Gasteiger partial charge in [0, 0.05) is 11.4 Å². The van der Waals surface area contributed by atoms with Gasteiger partial charge in [-0.2, -0.15) is 0 Å². The first-order valence-electron chi connectivity index (χ1n) is 8.42. The predicted octanol–water partition coefficient (Wildman–Crippen LogP) is 4.40. The maximum Gasteiger partial charge on any atom is 0.408 e. The lowest BCUT2D eigenvalue weighted by Crippen LogP contribution is -2.41. The summed E-state index contributed by atoms with van der Waals surface area (Å²) in [5, 5.41) is 5.88. The lowest BCUT2D eigenvalue weighted by Gasteiger charge is -2.26. The van der Waals surface area contributed by atoms with E-state index >= 15 is 0 Å². The number of hydrogen-bond donors (Lipinski definition) is 2. The van der Waals surface area contributed by atoms with Gasteiger partial charge in [0.05, 0.1) is 6.04 Å². The van der Waals surface area contributed by atoms with Gasteiger partial charge in [-0.25, -0.2) is 9.18 Å². The largest absolute Gasteiger partial charge is 0.444 e. The molecular formula is C19H27FN2O3. The number of hydrogen-bond acceptors (Lipinski definition) is 4. The van der Waals surface area contributed by atoms with E-state index in [0.29, 0.717) is 24.1 Å². The summed E-state index contributed by atoms with van der Waals surface area (Å²) in [5.41, 5.74) is 0.543. The van der Waals surface area contributed by atoms with Crippen LogP contribution in [0.4, 0.5) is 14.9 Å². The number of ether oxygens (including phenoxy) is 1. The van der Waals surface area contributed by atoms with Crippen molar-refractivity contribution in [3.8, 4) is 0 Å². The van der Waals surface area contributed by atoms with Crippen LogP contribution in [0, 0.1) is 5.82 Å². The van der Waals surface area contributed by atoms with Gasteiger partial charge in [-0.15, -0.1) is 0 Å². The van der Waals surface area contributed by atoms with Crippen molar-refractivity contribution in [1.82, 2.24) is 5.32 Å². The number of amides is 1. The molecule has 2 N–H and O–H groups in total. The summed E-state index contributed by atoms with van der Waals surface area (Å²) in [6.07, 6.45) is 3.91. The van der Waals surface area contributed by atoms with Crippen LogP contribution in [0.25, 0.3) is 0 Å². The van der Waals surface area contributed by atoms with E-state index in [9.17, 15) is 14.0 Å². The van der Waals surface area contributed by atoms with E-state index in [1.165, 1.54) is 18.2 Å². The predicted molar refractivity (Wildman–Crippen MR) is 96.9 cm³/mol. The van der Waals surface area contributed by atoms with Crippen molar-refractivity contribution in [2.24, 2.45) is 0 Å². The fraction of sp³-hybridized carbons (Fsp3) is 0.474. The molecule has 138 valence electrons. The molecular weight excluding hydrogens is 323 g/mol. The third-order valence-electron chi connectivity index (χ3n) is 3.29. The number of unbranched alkanes of at least 4 members (excludes halogenated alkanes) is 1. The van der Waals surface area contributed by atoms with Crippen LogP contribution < -0.4 is 10.6 Å². The Morgan fingerprint density at radius 1 is 1.28 bits per heavy atom. The highest BCUT2D eigenvalue weighted by Gasteiger charge is 2.22. The summed E-state index contributed by atoms with van der Waals surface area (Å²) in [6, 6.07) is 5.37. The summed E-state index contributed by atoms with van der Waals surface area (Å²) < 4.78 is 18.4. The summed E-state index contributed by atoms with van der Waals surface area (Å²) in [4.78, 5) is 23.1. The lowest BCUT2D eigenvalue weighted by molar-refractivity contribution is -0.104. The number of allylic oxidation sites excluding steroid dienone is 1. The third kappa shape index (κ3) is 8.33. The van der Waals surface area contributed by atoms with Gasteiger partial charge >= 0.3 is 6.09 Å². The molecule has 1 rings (SSSR count). The van der Waals surface area contributed by atoms with Crippen molar-refractivity contribution in [3.63, 3.8) is 0 Å². The van der Waals surface area contributed by atoms with Crippen LogP contribution in [0.3, 0.4) is 0 Å². The first kappa shape index (κ1) is 20.7. The SMILES string of the molecule is CCCCC(NC(=O)OC(C)(C)C)C(=CC=O)Nc1ccc(F)cc1. The van der Waals surface area contributed by atoms with Crippen LogP contribution in [0.2, 0.25) is 0 Å². The van der Waals surface area contributed by atoms with Gasteiger partial charge in [0.2, 0.25) is 0 Å². The molecule has 0 heterocycles. The summed E-state index contributed by atoms with van der Waals surface area (Å²) in [6.45, 7) is 7.40. The minimum Gasteiger partial charge on any atom is -0.444 e. The Balaban J connectivity index is 2.93. The Hall–Kier alpha value is -2.37. The van der Waals surface area contributed by atoms with E-state index in [1.54, 1.807) is 32.9 Å². The zero-order valence-electron chi connectivity index (χ0n) is 15.3. The second kappa shape index (κ2) is 9.81. The Morgan fingerprint density at radius 3 is 2.44 bits per heavy atom. The van der Waals surface area contributed by atoms with Gasteiger partial charge in [0.1, 0.15) is 17.7 Å². The van der Waals surface area contributed by atoms with Crippen LogP contribution in [0.1, 0.15) is 47.0 Å². The molecule has 0 saturated heterocycles. The zero-order chi connectivity index (χ0) is 18.9. The number of carbonyl (C=O) groups is 2. The summed E-state index contributed by atoms with van der Waals surface area (Å²) >= 11 is 0. The minimum absolute atomic E-state index is 0.346. The zero-order valence-corrected chi connectivity index (χ0v) is 15.3. The van der Waals surface area contributed by atoms with Crippen molar-refractivity contribution in [2.45, 2.75) is 58.6 Å².